The summed E-state index contributed by atoms with van der Waals surface area (Å²) in [7, 11) is 0. The van der Waals surface area contributed by atoms with Crippen LogP contribution in [0.3, 0.4) is 0 Å². The average molecular weight is 642 g/mol. The van der Waals surface area contributed by atoms with Gasteiger partial charge in [-0.2, -0.15) is 0 Å². The van der Waals surface area contributed by atoms with E-state index in [1.165, 1.54) is 6.33 Å². The molecule has 48 heavy (non-hydrogen) atoms. The molecule has 0 saturated carbocycles. The number of fused-ring (bicyclic) bond motifs is 1. The molecule has 4 aromatic carbocycles. The molecule has 1 amide bonds. The molecule has 1 fully saturated rings. The van der Waals surface area contributed by atoms with Crippen molar-refractivity contribution >= 4 is 22.9 Å². The van der Waals surface area contributed by atoms with Crippen LogP contribution in [-0.2, 0) is 38.8 Å². The molecule has 242 valence electrons. The predicted octanol–water partition coefficient (Wildman–Crippen LogP) is 6.36. The molecule has 1 aliphatic rings. The van der Waals surface area contributed by atoms with Crippen molar-refractivity contribution in [3.63, 3.8) is 0 Å². The maximum atomic E-state index is 13.0. The minimum absolute atomic E-state index is 0.274. The quantitative estimate of drug-likeness (QED) is 0.155. The van der Waals surface area contributed by atoms with E-state index in [-0.39, 0.29) is 12.5 Å². The van der Waals surface area contributed by atoms with Gasteiger partial charge in [0.05, 0.1) is 32.8 Å². The molecule has 1 saturated heterocycles. The topological polar surface area (TPSA) is 110 Å². The van der Waals surface area contributed by atoms with Crippen molar-refractivity contribution in [2.45, 2.75) is 44.4 Å². The van der Waals surface area contributed by atoms with E-state index in [1.54, 1.807) is 18.5 Å². The zero-order chi connectivity index (χ0) is 32.5. The van der Waals surface area contributed by atoms with E-state index in [4.69, 9.17) is 18.9 Å². The van der Waals surface area contributed by atoms with E-state index in [9.17, 15) is 4.79 Å². The van der Waals surface area contributed by atoms with Crippen molar-refractivity contribution in [1.29, 1.82) is 0 Å². The van der Waals surface area contributed by atoms with Gasteiger partial charge in [-0.3, -0.25) is 9.36 Å². The molecule has 0 spiro atoms. The Hall–Kier alpha value is -5.26. The van der Waals surface area contributed by atoms with Crippen LogP contribution >= 0.6 is 0 Å². The van der Waals surface area contributed by atoms with Crippen molar-refractivity contribution in [2.24, 2.45) is 0 Å². The maximum absolute atomic E-state index is 13.0. The first-order valence-corrected chi connectivity index (χ1v) is 15.8. The third-order valence-electron chi connectivity index (χ3n) is 8.15. The van der Waals surface area contributed by atoms with Gasteiger partial charge in [0, 0.05) is 5.56 Å². The molecule has 4 unspecified atom stereocenters. The Morgan fingerprint density at radius 1 is 0.688 bits per heavy atom. The summed E-state index contributed by atoms with van der Waals surface area (Å²) >= 11 is 0. The van der Waals surface area contributed by atoms with Crippen LogP contribution < -0.4 is 5.32 Å². The number of nitrogens with zero attached hydrogens (tertiary/aromatic N) is 4. The second-order valence-corrected chi connectivity index (χ2v) is 11.5. The zero-order valence-corrected chi connectivity index (χ0v) is 26.2. The molecule has 0 bridgehead atoms. The zero-order valence-electron chi connectivity index (χ0n) is 26.2. The lowest BCUT2D eigenvalue weighted by Gasteiger charge is -2.25. The minimum Gasteiger partial charge on any atom is -0.374 e. The second kappa shape index (κ2) is 15.1. The van der Waals surface area contributed by atoms with Gasteiger partial charge >= 0.3 is 0 Å². The number of benzene rings is 4. The van der Waals surface area contributed by atoms with Crippen LogP contribution in [-0.4, -0.2) is 50.3 Å². The number of hydrogen-bond donors (Lipinski definition) is 1. The number of ether oxygens (including phenoxy) is 4. The normalized spacial score (nSPS) is 19.0. The largest absolute Gasteiger partial charge is 0.374 e. The van der Waals surface area contributed by atoms with E-state index in [1.807, 2.05) is 114 Å². The van der Waals surface area contributed by atoms with Gasteiger partial charge in [-0.25, -0.2) is 15.0 Å². The second-order valence-electron chi connectivity index (χ2n) is 11.5. The summed E-state index contributed by atoms with van der Waals surface area (Å²) in [4.78, 5) is 26.5. The van der Waals surface area contributed by atoms with E-state index in [0.717, 1.165) is 16.7 Å². The molecular weight excluding hydrogens is 606 g/mol. The van der Waals surface area contributed by atoms with Gasteiger partial charge in [-0.05, 0) is 28.8 Å². The highest BCUT2D eigenvalue weighted by atomic mass is 16.6. The van der Waals surface area contributed by atoms with Gasteiger partial charge < -0.3 is 24.3 Å². The molecule has 0 aliphatic carbocycles. The highest BCUT2D eigenvalue weighted by molar-refractivity contribution is 6.06. The Kier molecular flexibility index (Phi) is 9.86. The number of anilines is 1. The summed E-state index contributed by atoms with van der Waals surface area (Å²) in [5, 5.41) is 2.88. The van der Waals surface area contributed by atoms with E-state index >= 15 is 0 Å². The SMILES string of the molecule is O=C(Nc1ncnc2c1ncn2C1OC(COCc2ccccc2)C(OCc2ccccc2)C1OCc1ccccc1)c1ccccc1. The van der Waals surface area contributed by atoms with Crippen LogP contribution in [0.25, 0.3) is 11.2 Å². The van der Waals surface area contributed by atoms with E-state index in [0.29, 0.717) is 42.4 Å². The molecule has 4 atom stereocenters. The van der Waals surface area contributed by atoms with Crippen molar-refractivity contribution in [3.8, 4) is 0 Å². The highest BCUT2D eigenvalue weighted by Crippen LogP contribution is 2.37. The van der Waals surface area contributed by atoms with Gasteiger partial charge in [-0.15, -0.1) is 0 Å². The molecule has 7 rings (SSSR count). The predicted molar refractivity (Wildman–Crippen MR) is 180 cm³/mol. The Labute approximate surface area is 278 Å². The minimum atomic E-state index is -0.669. The number of carbonyl (C=O) groups is 1. The van der Waals surface area contributed by atoms with Crippen molar-refractivity contribution in [2.75, 3.05) is 11.9 Å². The number of hydrogen-bond acceptors (Lipinski definition) is 8. The molecule has 0 radical (unpaired) electrons. The molecule has 2 aromatic heterocycles. The van der Waals surface area contributed by atoms with Crippen molar-refractivity contribution in [3.05, 3.63) is 156 Å². The average Bonchev–Trinajstić information content (AvgIpc) is 3.73. The number of carbonyl (C=O) groups excluding carboxylic acids is 1. The number of aromatic nitrogens is 4. The summed E-state index contributed by atoms with van der Waals surface area (Å²) in [5.74, 6) is 0.00307. The fourth-order valence-electron chi connectivity index (χ4n) is 5.74. The standard InChI is InChI=1S/C38H35N5O5/c44-37(30-19-11-4-12-20-30)42-35-32-36(40-25-39-35)43(26-41-32)38-34(47-23-29-17-9-3-10-18-29)33(46-22-28-15-7-2-8-16-28)31(48-38)24-45-21-27-13-5-1-6-14-27/h1-20,25-26,31,33-34,38H,21-24H2,(H,39,40,42,44). The summed E-state index contributed by atoms with van der Waals surface area (Å²) in [6.07, 6.45) is 0.847. The number of nitrogens with one attached hydrogen (secondary N) is 1. The van der Waals surface area contributed by atoms with Crippen molar-refractivity contribution < 1.29 is 23.7 Å². The first-order valence-electron chi connectivity index (χ1n) is 15.8. The van der Waals surface area contributed by atoms with Crippen LogP contribution in [0.4, 0.5) is 5.82 Å². The summed E-state index contributed by atoms with van der Waals surface area (Å²) < 4.78 is 28.0. The lowest BCUT2D eigenvalue weighted by Crippen LogP contribution is -2.38. The van der Waals surface area contributed by atoms with Gasteiger partial charge in [-0.1, -0.05) is 109 Å². The van der Waals surface area contributed by atoms with Gasteiger partial charge in [0.25, 0.3) is 5.91 Å². The van der Waals surface area contributed by atoms with E-state index in [2.05, 4.69) is 20.3 Å². The van der Waals surface area contributed by atoms with Gasteiger partial charge in [0.1, 0.15) is 24.6 Å². The molecule has 6 aromatic rings. The molecule has 3 heterocycles. The van der Waals surface area contributed by atoms with Gasteiger partial charge in [0.2, 0.25) is 0 Å². The Morgan fingerprint density at radius 3 is 1.88 bits per heavy atom. The molecular formula is C38H35N5O5. The third-order valence-corrected chi connectivity index (χ3v) is 8.15. The summed E-state index contributed by atoms with van der Waals surface area (Å²) in [5.41, 5.74) is 4.54. The highest BCUT2D eigenvalue weighted by Gasteiger charge is 2.48. The lowest BCUT2D eigenvalue weighted by atomic mass is 10.1. The fraction of sp³-hybridized carbons (Fsp3) is 0.211. The van der Waals surface area contributed by atoms with Crippen LogP contribution in [0.5, 0.6) is 0 Å². The number of amides is 1. The fourth-order valence-corrected chi connectivity index (χ4v) is 5.74. The first kappa shape index (κ1) is 31.3. The Bertz CT molecular complexity index is 1910. The lowest BCUT2D eigenvalue weighted by molar-refractivity contribution is -0.0913. The molecule has 1 N–H and O–H groups in total. The number of rotatable bonds is 13. The monoisotopic (exact) mass is 641 g/mol. The Balaban J connectivity index is 1.19. The smallest absolute Gasteiger partial charge is 0.256 e. The van der Waals surface area contributed by atoms with Crippen LogP contribution in [0.15, 0.2) is 134 Å². The maximum Gasteiger partial charge on any atom is 0.256 e. The van der Waals surface area contributed by atoms with Crippen LogP contribution in [0.1, 0.15) is 33.3 Å². The van der Waals surface area contributed by atoms with Crippen molar-refractivity contribution in [1.82, 2.24) is 19.5 Å². The molecule has 10 nitrogen and oxygen atoms in total. The van der Waals surface area contributed by atoms with Crippen LogP contribution in [0.2, 0.25) is 0 Å². The Morgan fingerprint density at radius 2 is 1.25 bits per heavy atom. The first-order chi connectivity index (χ1) is 23.7. The summed E-state index contributed by atoms with van der Waals surface area (Å²) in [6, 6.07) is 39.0. The molecule has 10 heteroatoms. The van der Waals surface area contributed by atoms with Gasteiger partial charge in [0.15, 0.2) is 23.2 Å². The van der Waals surface area contributed by atoms with Crippen LogP contribution in [0, 0.1) is 0 Å². The number of imidazole rings is 1. The molecule has 1 aliphatic heterocycles. The summed E-state index contributed by atoms with van der Waals surface area (Å²) in [6.45, 7) is 1.41. The third kappa shape index (κ3) is 7.32. The van der Waals surface area contributed by atoms with E-state index < -0.39 is 24.5 Å².